The predicted octanol–water partition coefficient (Wildman–Crippen LogP) is 1.73. The van der Waals surface area contributed by atoms with E-state index in [2.05, 4.69) is 17.2 Å². The van der Waals surface area contributed by atoms with Crippen molar-refractivity contribution in [3.63, 3.8) is 0 Å². The highest BCUT2D eigenvalue weighted by Crippen LogP contribution is 2.28. The number of nitrogens with one attached hydrogen (secondary N) is 1. The van der Waals surface area contributed by atoms with Crippen LogP contribution in [0.15, 0.2) is 12.4 Å². The monoisotopic (exact) mass is 197 g/mol. The molecule has 1 fully saturated rings. The average molecular weight is 197 g/mol. The number of thioether (sulfide) groups is 1. The second kappa shape index (κ2) is 3.62. The van der Waals surface area contributed by atoms with Gasteiger partial charge in [0.05, 0.1) is 0 Å². The molecule has 1 aliphatic rings. The first kappa shape index (κ1) is 8.94. The minimum Gasteiger partial charge on any atom is -0.352 e. The molecule has 0 saturated carbocycles. The van der Waals surface area contributed by atoms with Crippen LogP contribution < -0.4 is 5.32 Å². The molecule has 1 saturated heterocycles. The number of hydrogen-bond donors (Lipinski definition) is 1. The number of anilines is 1. The zero-order valence-corrected chi connectivity index (χ0v) is 8.84. The molecule has 3 nitrogen and oxygen atoms in total. The van der Waals surface area contributed by atoms with Crippen LogP contribution in [-0.2, 0) is 7.05 Å². The fourth-order valence-electron chi connectivity index (χ4n) is 1.59. The van der Waals surface area contributed by atoms with Crippen LogP contribution in [0, 0.1) is 0 Å². The molecule has 4 heteroatoms. The number of aromatic nitrogens is 2. The topological polar surface area (TPSA) is 29.9 Å². The van der Waals surface area contributed by atoms with Gasteiger partial charge in [-0.05, 0) is 12.2 Å². The van der Waals surface area contributed by atoms with Crippen LogP contribution in [-0.4, -0.2) is 26.6 Å². The molecule has 0 bridgehead atoms. The van der Waals surface area contributed by atoms with Crippen molar-refractivity contribution in [2.75, 3.05) is 11.1 Å². The van der Waals surface area contributed by atoms with Crippen LogP contribution in [0.1, 0.15) is 13.3 Å². The molecule has 2 rings (SSSR count). The molecular formula is C9H15N3S. The van der Waals surface area contributed by atoms with Gasteiger partial charge in [0.2, 0.25) is 5.95 Å². The molecule has 72 valence electrons. The Morgan fingerprint density at radius 1 is 1.69 bits per heavy atom. The van der Waals surface area contributed by atoms with Crippen molar-refractivity contribution in [1.29, 1.82) is 0 Å². The normalized spacial score (nSPS) is 27.8. The fourth-order valence-corrected chi connectivity index (χ4v) is 2.79. The third kappa shape index (κ3) is 1.82. The summed E-state index contributed by atoms with van der Waals surface area (Å²) in [5.74, 6) is 2.25. The second-order valence-electron chi connectivity index (χ2n) is 3.48. The molecule has 1 aliphatic heterocycles. The summed E-state index contributed by atoms with van der Waals surface area (Å²) >= 11 is 2.03. The quantitative estimate of drug-likeness (QED) is 0.783. The largest absolute Gasteiger partial charge is 0.352 e. The van der Waals surface area contributed by atoms with Gasteiger partial charge in [0.25, 0.3) is 0 Å². The van der Waals surface area contributed by atoms with Crippen molar-refractivity contribution in [2.24, 2.45) is 7.05 Å². The van der Waals surface area contributed by atoms with Crippen molar-refractivity contribution in [3.8, 4) is 0 Å². The second-order valence-corrected chi connectivity index (χ2v) is 4.96. The van der Waals surface area contributed by atoms with E-state index in [1.807, 2.05) is 35.8 Å². The van der Waals surface area contributed by atoms with Crippen LogP contribution >= 0.6 is 11.8 Å². The van der Waals surface area contributed by atoms with Gasteiger partial charge in [-0.3, -0.25) is 0 Å². The third-order valence-corrected chi connectivity index (χ3v) is 3.84. The van der Waals surface area contributed by atoms with Crippen LogP contribution in [0.2, 0.25) is 0 Å². The lowest BCUT2D eigenvalue weighted by Gasteiger charge is -2.16. The Morgan fingerprint density at radius 2 is 2.54 bits per heavy atom. The van der Waals surface area contributed by atoms with E-state index in [0.29, 0.717) is 11.3 Å². The lowest BCUT2D eigenvalue weighted by atomic mass is 10.2. The average Bonchev–Trinajstić information content (AvgIpc) is 2.65. The highest BCUT2D eigenvalue weighted by Gasteiger charge is 2.24. The Kier molecular flexibility index (Phi) is 2.49. The molecule has 1 N–H and O–H groups in total. The summed E-state index contributed by atoms with van der Waals surface area (Å²) in [4.78, 5) is 4.26. The smallest absolute Gasteiger partial charge is 0.202 e. The van der Waals surface area contributed by atoms with Gasteiger partial charge < -0.3 is 9.88 Å². The minimum atomic E-state index is 0.589. The number of aryl methyl sites for hydroxylation is 1. The Bertz CT molecular complexity index is 284. The molecule has 2 unspecified atom stereocenters. The van der Waals surface area contributed by atoms with Crippen LogP contribution in [0.3, 0.4) is 0 Å². The van der Waals surface area contributed by atoms with Crippen molar-refractivity contribution in [1.82, 2.24) is 9.55 Å². The molecule has 2 heterocycles. The van der Waals surface area contributed by atoms with Crippen molar-refractivity contribution in [3.05, 3.63) is 12.4 Å². The summed E-state index contributed by atoms with van der Waals surface area (Å²) < 4.78 is 2.02. The summed E-state index contributed by atoms with van der Waals surface area (Å²) in [7, 11) is 2.02. The van der Waals surface area contributed by atoms with Crippen molar-refractivity contribution < 1.29 is 0 Å². The van der Waals surface area contributed by atoms with Gasteiger partial charge in [0.15, 0.2) is 0 Å². The number of rotatable bonds is 2. The first-order valence-corrected chi connectivity index (χ1v) is 5.67. The molecule has 1 aromatic heterocycles. The molecule has 0 spiro atoms. The van der Waals surface area contributed by atoms with Gasteiger partial charge in [-0.25, -0.2) is 4.98 Å². The van der Waals surface area contributed by atoms with Gasteiger partial charge in [-0.2, -0.15) is 11.8 Å². The summed E-state index contributed by atoms with van der Waals surface area (Å²) in [5, 5.41) is 4.18. The number of nitrogens with zero attached hydrogens (tertiary/aromatic N) is 2. The summed E-state index contributed by atoms with van der Waals surface area (Å²) in [6, 6.07) is 0.589. The Hall–Kier alpha value is -0.640. The van der Waals surface area contributed by atoms with E-state index in [4.69, 9.17) is 0 Å². The predicted molar refractivity (Wildman–Crippen MR) is 57.2 cm³/mol. The van der Waals surface area contributed by atoms with Crippen LogP contribution in [0.4, 0.5) is 5.95 Å². The Labute approximate surface area is 82.9 Å². The summed E-state index contributed by atoms with van der Waals surface area (Å²) in [6.07, 6.45) is 5.04. The van der Waals surface area contributed by atoms with E-state index in [1.54, 1.807) is 0 Å². The lowest BCUT2D eigenvalue weighted by molar-refractivity contribution is 0.706. The zero-order valence-electron chi connectivity index (χ0n) is 8.03. The third-order valence-electron chi connectivity index (χ3n) is 2.51. The minimum absolute atomic E-state index is 0.589. The SMILES string of the molecule is CC1SCCC1Nc1nccn1C. The molecule has 1 aromatic rings. The molecule has 0 aliphatic carbocycles. The van der Waals surface area contributed by atoms with Crippen molar-refractivity contribution in [2.45, 2.75) is 24.6 Å². The van der Waals surface area contributed by atoms with Gasteiger partial charge in [0, 0.05) is 30.7 Å². The van der Waals surface area contributed by atoms with E-state index in [9.17, 15) is 0 Å². The maximum Gasteiger partial charge on any atom is 0.202 e. The molecule has 2 atom stereocenters. The molecule has 0 radical (unpaired) electrons. The molecule has 13 heavy (non-hydrogen) atoms. The van der Waals surface area contributed by atoms with Gasteiger partial charge in [-0.15, -0.1) is 0 Å². The van der Waals surface area contributed by atoms with E-state index in [1.165, 1.54) is 12.2 Å². The maximum absolute atomic E-state index is 4.26. The van der Waals surface area contributed by atoms with Gasteiger partial charge >= 0.3 is 0 Å². The number of hydrogen-bond acceptors (Lipinski definition) is 3. The number of imidazole rings is 1. The highest BCUT2D eigenvalue weighted by molar-refractivity contribution is 8.00. The molecular weight excluding hydrogens is 182 g/mol. The standard InChI is InChI=1S/C9H15N3S/c1-7-8(3-6-13-7)11-9-10-4-5-12(9)2/h4-5,7-8H,3,6H2,1-2H3,(H,10,11). The fraction of sp³-hybridized carbons (Fsp3) is 0.667. The maximum atomic E-state index is 4.26. The summed E-state index contributed by atoms with van der Waals surface area (Å²) in [5.41, 5.74) is 0. The Balaban J connectivity index is 2.01. The molecule has 0 aromatic carbocycles. The van der Waals surface area contributed by atoms with Crippen molar-refractivity contribution >= 4 is 17.7 Å². The van der Waals surface area contributed by atoms with E-state index >= 15 is 0 Å². The van der Waals surface area contributed by atoms with E-state index < -0.39 is 0 Å². The lowest BCUT2D eigenvalue weighted by Crippen LogP contribution is -2.26. The van der Waals surface area contributed by atoms with E-state index in [-0.39, 0.29) is 0 Å². The first-order chi connectivity index (χ1) is 6.27. The zero-order chi connectivity index (χ0) is 9.26. The first-order valence-electron chi connectivity index (χ1n) is 4.63. The van der Waals surface area contributed by atoms with Crippen LogP contribution in [0.5, 0.6) is 0 Å². The molecule has 0 amide bonds. The Morgan fingerprint density at radius 3 is 3.08 bits per heavy atom. The highest BCUT2D eigenvalue weighted by atomic mass is 32.2. The van der Waals surface area contributed by atoms with Gasteiger partial charge in [0.1, 0.15) is 0 Å². The van der Waals surface area contributed by atoms with Gasteiger partial charge in [-0.1, -0.05) is 6.92 Å². The van der Waals surface area contributed by atoms with E-state index in [0.717, 1.165) is 5.95 Å². The van der Waals surface area contributed by atoms with Crippen LogP contribution in [0.25, 0.3) is 0 Å². The summed E-state index contributed by atoms with van der Waals surface area (Å²) in [6.45, 7) is 2.28.